The van der Waals surface area contributed by atoms with E-state index in [-0.39, 0.29) is 23.1 Å². The topological polar surface area (TPSA) is 104 Å². The van der Waals surface area contributed by atoms with Gasteiger partial charge in [0.15, 0.2) is 5.78 Å². The molecule has 164 valence electrons. The molecular weight excluding hydrogens is 418 g/mol. The van der Waals surface area contributed by atoms with Crippen LogP contribution < -0.4 is 10.2 Å². The maximum Gasteiger partial charge on any atom is 0.243 e. The summed E-state index contributed by atoms with van der Waals surface area (Å²) in [5, 5.41) is 2.70. The van der Waals surface area contributed by atoms with Gasteiger partial charge in [-0.15, -0.1) is 0 Å². The second-order valence-electron chi connectivity index (χ2n) is 7.54. The van der Waals surface area contributed by atoms with Gasteiger partial charge in [-0.1, -0.05) is 12.1 Å². The number of sulfonamides is 1. The monoisotopic (exact) mass is 443 g/mol. The number of carbonyl (C=O) groups excluding carboxylic acids is 3. The van der Waals surface area contributed by atoms with Gasteiger partial charge in [0.25, 0.3) is 0 Å². The number of carbonyl (C=O) groups is 3. The second-order valence-corrected chi connectivity index (χ2v) is 9.58. The molecule has 1 aliphatic rings. The lowest BCUT2D eigenvalue weighted by molar-refractivity contribution is -0.117. The van der Waals surface area contributed by atoms with Crippen molar-refractivity contribution in [1.82, 2.24) is 4.31 Å². The lowest BCUT2D eigenvalue weighted by Gasteiger charge is -2.20. The first-order valence-corrected chi connectivity index (χ1v) is 11.3. The summed E-state index contributed by atoms with van der Waals surface area (Å²) in [5.41, 5.74) is 2.59. The van der Waals surface area contributed by atoms with E-state index in [1.165, 1.54) is 38.2 Å². The molecular formula is C22H25N3O5S. The van der Waals surface area contributed by atoms with Gasteiger partial charge in [0, 0.05) is 37.0 Å². The molecule has 1 heterocycles. The highest BCUT2D eigenvalue weighted by molar-refractivity contribution is 7.89. The molecule has 0 aliphatic carbocycles. The second kappa shape index (κ2) is 8.99. The number of rotatable bonds is 7. The van der Waals surface area contributed by atoms with Crippen LogP contribution in [0.5, 0.6) is 0 Å². The Balaban J connectivity index is 1.66. The summed E-state index contributed by atoms with van der Waals surface area (Å²) >= 11 is 0. The molecule has 2 amide bonds. The molecule has 2 aromatic carbocycles. The van der Waals surface area contributed by atoms with Gasteiger partial charge in [-0.05, 0) is 56.2 Å². The van der Waals surface area contributed by atoms with Crippen LogP contribution in [0.25, 0.3) is 0 Å². The summed E-state index contributed by atoms with van der Waals surface area (Å²) in [7, 11) is -2.56. The summed E-state index contributed by atoms with van der Waals surface area (Å²) in [6, 6.07) is 10.8. The van der Waals surface area contributed by atoms with Crippen molar-refractivity contribution < 1.29 is 22.8 Å². The molecule has 0 saturated carbocycles. The number of amides is 2. The molecule has 3 rings (SSSR count). The Hall–Kier alpha value is -3.04. The number of hydrogen-bond donors (Lipinski definition) is 1. The van der Waals surface area contributed by atoms with E-state index in [2.05, 4.69) is 5.32 Å². The number of benzene rings is 2. The van der Waals surface area contributed by atoms with Crippen LogP contribution in [0.3, 0.4) is 0 Å². The van der Waals surface area contributed by atoms with Gasteiger partial charge in [-0.3, -0.25) is 14.4 Å². The Bertz CT molecular complexity index is 1130. The van der Waals surface area contributed by atoms with Gasteiger partial charge in [-0.2, -0.15) is 4.31 Å². The molecule has 1 aliphatic heterocycles. The van der Waals surface area contributed by atoms with E-state index in [1.807, 2.05) is 6.92 Å². The molecule has 8 nitrogen and oxygen atoms in total. The van der Waals surface area contributed by atoms with Crippen molar-refractivity contribution in [2.75, 3.05) is 30.4 Å². The first-order valence-electron chi connectivity index (χ1n) is 9.88. The van der Waals surface area contributed by atoms with Crippen LogP contribution in [-0.2, 0) is 19.6 Å². The van der Waals surface area contributed by atoms with Crippen LogP contribution in [0.4, 0.5) is 11.4 Å². The Morgan fingerprint density at radius 2 is 1.81 bits per heavy atom. The lowest BCUT2D eigenvalue weighted by atomic mass is 10.1. The number of nitrogens with zero attached hydrogens (tertiary/aromatic N) is 2. The predicted octanol–water partition coefficient (Wildman–Crippen LogP) is 2.58. The Morgan fingerprint density at radius 1 is 1.13 bits per heavy atom. The van der Waals surface area contributed by atoms with Crippen LogP contribution in [0.1, 0.15) is 35.7 Å². The fourth-order valence-electron chi connectivity index (χ4n) is 3.47. The van der Waals surface area contributed by atoms with Crippen molar-refractivity contribution >= 4 is 39.0 Å². The highest BCUT2D eigenvalue weighted by Crippen LogP contribution is 2.27. The highest BCUT2D eigenvalue weighted by atomic mass is 32.2. The quantitative estimate of drug-likeness (QED) is 0.663. The number of hydrogen-bond acceptors (Lipinski definition) is 5. The number of ketones is 1. The lowest BCUT2D eigenvalue weighted by Crippen LogP contribution is -2.35. The zero-order chi connectivity index (χ0) is 22.8. The molecule has 0 spiro atoms. The van der Waals surface area contributed by atoms with Gasteiger partial charge in [-0.25, -0.2) is 8.42 Å². The normalized spacial score (nSPS) is 14.2. The molecule has 1 N–H and O–H groups in total. The minimum absolute atomic E-state index is 0.00303. The third-order valence-electron chi connectivity index (χ3n) is 5.18. The number of likely N-dealkylation sites (N-methyl/N-ethyl adjacent to an activating group) is 1. The molecule has 0 aromatic heterocycles. The van der Waals surface area contributed by atoms with Crippen LogP contribution >= 0.6 is 0 Å². The molecule has 31 heavy (non-hydrogen) atoms. The number of aryl methyl sites for hydroxylation is 1. The van der Waals surface area contributed by atoms with Crippen molar-refractivity contribution in [3.8, 4) is 0 Å². The SMILES string of the molecule is CC(=O)c1ccc(S(=O)(=O)N(C)CC(=O)Nc2ccc(N3CCCC3=O)c(C)c2)cc1. The fraction of sp³-hybridized carbons (Fsp3) is 0.318. The average Bonchev–Trinajstić information content (AvgIpc) is 3.13. The first-order chi connectivity index (χ1) is 14.6. The smallest absolute Gasteiger partial charge is 0.243 e. The first kappa shape index (κ1) is 22.6. The predicted molar refractivity (Wildman–Crippen MR) is 118 cm³/mol. The minimum atomic E-state index is -3.88. The largest absolute Gasteiger partial charge is 0.325 e. The van der Waals surface area contributed by atoms with E-state index in [0.717, 1.165) is 22.0 Å². The van der Waals surface area contributed by atoms with E-state index in [9.17, 15) is 22.8 Å². The van der Waals surface area contributed by atoms with Crippen molar-refractivity contribution in [2.45, 2.75) is 31.6 Å². The van der Waals surface area contributed by atoms with Gasteiger partial charge < -0.3 is 10.2 Å². The maximum atomic E-state index is 12.7. The molecule has 0 unspecified atom stereocenters. The van der Waals surface area contributed by atoms with Crippen LogP contribution in [0, 0.1) is 6.92 Å². The van der Waals surface area contributed by atoms with E-state index in [0.29, 0.717) is 24.2 Å². The summed E-state index contributed by atoms with van der Waals surface area (Å²) in [6.07, 6.45) is 1.37. The van der Waals surface area contributed by atoms with E-state index in [4.69, 9.17) is 0 Å². The zero-order valence-corrected chi connectivity index (χ0v) is 18.5. The zero-order valence-electron chi connectivity index (χ0n) is 17.7. The molecule has 9 heteroatoms. The summed E-state index contributed by atoms with van der Waals surface area (Å²) in [5.74, 6) is -0.564. The minimum Gasteiger partial charge on any atom is -0.325 e. The van der Waals surface area contributed by atoms with E-state index >= 15 is 0 Å². The third-order valence-corrected chi connectivity index (χ3v) is 7.00. The number of anilines is 2. The maximum absolute atomic E-state index is 12.7. The van der Waals surface area contributed by atoms with E-state index in [1.54, 1.807) is 23.1 Å². The summed E-state index contributed by atoms with van der Waals surface area (Å²) in [6.45, 7) is 3.57. The van der Waals surface area contributed by atoms with Gasteiger partial charge in [0.2, 0.25) is 21.8 Å². The van der Waals surface area contributed by atoms with Crippen molar-refractivity contribution in [2.24, 2.45) is 0 Å². The van der Waals surface area contributed by atoms with Crippen LogP contribution in [-0.4, -0.2) is 50.5 Å². The van der Waals surface area contributed by atoms with Crippen molar-refractivity contribution in [1.29, 1.82) is 0 Å². The highest BCUT2D eigenvalue weighted by Gasteiger charge is 2.25. The van der Waals surface area contributed by atoms with Gasteiger partial charge >= 0.3 is 0 Å². The molecule has 0 radical (unpaired) electrons. The summed E-state index contributed by atoms with van der Waals surface area (Å²) in [4.78, 5) is 37.5. The van der Waals surface area contributed by atoms with Crippen LogP contribution in [0.2, 0.25) is 0 Å². The Morgan fingerprint density at radius 3 is 2.35 bits per heavy atom. The number of nitrogens with one attached hydrogen (secondary N) is 1. The van der Waals surface area contributed by atoms with Crippen LogP contribution in [0.15, 0.2) is 47.4 Å². The third kappa shape index (κ3) is 5.00. The number of Topliss-reactive ketones (excluding diaryl/α,β-unsaturated/α-hetero) is 1. The van der Waals surface area contributed by atoms with Crippen molar-refractivity contribution in [3.63, 3.8) is 0 Å². The molecule has 1 fully saturated rings. The molecule has 2 aromatic rings. The molecule has 0 atom stereocenters. The van der Waals surface area contributed by atoms with Gasteiger partial charge in [0.1, 0.15) is 0 Å². The van der Waals surface area contributed by atoms with E-state index < -0.39 is 15.9 Å². The molecule has 1 saturated heterocycles. The Kier molecular flexibility index (Phi) is 6.56. The molecule has 0 bridgehead atoms. The Labute approximate surface area is 181 Å². The van der Waals surface area contributed by atoms with Crippen molar-refractivity contribution in [3.05, 3.63) is 53.6 Å². The van der Waals surface area contributed by atoms with Gasteiger partial charge in [0.05, 0.1) is 11.4 Å². The fourth-order valence-corrected chi connectivity index (χ4v) is 4.60. The standard InChI is InChI=1S/C22H25N3O5S/c1-15-13-18(8-11-20(15)25-12-4-5-22(25)28)23-21(27)14-24(3)31(29,30)19-9-6-17(7-10-19)16(2)26/h6-11,13H,4-5,12,14H2,1-3H3,(H,23,27). The average molecular weight is 444 g/mol. The summed E-state index contributed by atoms with van der Waals surface area (Å²) < 4.78 is 26.4.